The van der Waals surface area contributed by atoms with Crippen molar-refractivity contribution in [1.82, 2.24) is 4.98 Å². The van der Waals surface area contributed by atoms with E-state index < -0.39 is 5.97 Å². The molecule has 2 N–H and O–H groups in total. The molecule has 1 aromatic heterocycles. The number of nitriles is 1. The zero-order valence-electron chi connectivity index (χ0n) is 15.1. The Balaban J connectivity index is 1.88. The number of rotatable bonds is 9. The highest BCUT2D eigenvalue weighted by atomic mass is 32.2. The number of nitrogens with zero attached hydrogens (tertiary/aromatic N) is 2. The molecule has 0 saturated carbocycles. The minimum Gasteiger partial charge on any atom is -0.478 e. The van der Waals surface area contributed by atoms with Gasteiger partial charge in [-0.2, -0.15) is 5.26 Å². The SMILES string of the molecule is CCCCc1ccc(C#N)c(SCCC(=O)Nc2ccc(C(=O)O)cc2)n1. The number of benzene rings is 1. The maximum atomic E-state index is 12.1. The van der Waals surface area contributed by atoms with Crippen molar-refractivity contribution in [3.05, 3.63) is 53.2 Å². The third-order valence-corrected chi connectivity index (χ3v) is 4.80. The van der Waals surface area contributed by atoms with Crippen LogP contribution >= 0.6 is 11.8 Å². The van der Waals surface area contributed by atoms with E-state index in [1.165, 1.54) is 23.9 Å². The Kier molecular flexibility index (Phi) is 7.83. The van der Waals surface area contributed by atoms with Crippen LogP contribution in [-0.4, -0.2) is 27.7 Å². The molecule has 27 heavy (non-hydrogen) atoms. The number of unbranched alkanes of at least 4 members (excludes halogenated alkanes) is 1. The molecular weight excluding hydrogens is 362 g/mol. The lowest BCUT2D eigenvalue weighted by Gasteiger charge is -2.07. The molecule has 0 atom stereocenters. The average Bonchev–Trinajstić information content (AvgIpc) is 2.67. The van der Waals surface area contributed by atoms with Crippen molar-refractivity contribution in [1.29, 1.82) is 5.26 Å². The number of aromatic carboxylic acids is 1. The van der Waals surface area contributed by atoms with Gasteiger partial charge in [0.2, 0.25) is 5.91 Å². The Labute approximate surface area is 162 Å². The second-order valence-corrected chi connectivity index (χ2v) is 6.98. The van der Waals surface area contributed by atoms with Gasteiger partial charge in [-0.15, -0.1) is 11.8 Å². The lowest BCUT2D eigenvalue weighted by Crippen LogP contribution is -2.12. The summed E-state index contributed by atoms with van der Waals surface area (Å²) in [6, 6.07) is 11.8. The van der Waals surface area contributed by atoms with Crippen LogP contribution in [0.15, 0.2) is 41.4 Å². The van der Waals surface area contributed by atoms with E-state index in [2.05, 4.69) is 23.3 Å². The highest BCUT2D eigenvalue weighted by molar-refractivity contribution is 7.99. The first-order valence-electron chi connectivity index (χ1n) is 8.69. The number of carbonyl (C=O) groups is 2. The molecule has 0 aliphatic heterocycles. The number of aryl methyl sites for hydroxylation is 1. The number of amides is 1. The Morgan fingerprint density at radius 2 is 1.96 bits per heavy atom. The average molecular weight is 383 g/mol. The lowest BCUT2D eigenvalue weighted by atomic mass is 10.2. The summed E-state index contributed by atoms with van der Waals surface area (Å²) in [5.41, 5.74) is 2.19. The number of thioether (sulfide) groups is 1. The highest BCUT2D eigenvalue weighted by Crippen LogP contribution is 2.22. The topological polar surface area (TPSA) is 103 Å². The van der Waals surface area contributed by atoms with Crippen molar-refractivity contribution < 1.29 is 14.7 Å². The van der Waals surface area contributed by atoms with Gasteiger partial charge in [0, 0.05) is 23.6 Å². The fourth-order valence-corrected chi connectivity index (χ4v) is 3.26. The first kappa shape index (κ1) is 20.5. The summed E-state index contributed by atoms with van der Waals surface area (Å²) >= 11 is 1.39. The zero-order chi connectivity index (χ0) is 19.6. The predicted octanol–water partition coefficient (Wildman–Crippen LogP) is 4.11. The molecule has 1 heterocycles. The van der Waals surface area contributed by atoms with Crippen LogP contribution in [0.5, 0.6) is 0 Å². The molecule has 0 spiro atoms. The maximum Gasteiger partial charge on any atom is 0.335 e. The molecule has 0 aliphatic rings. The molecule has 0 bridgehead atoms. The zero-order valence-corrected chi connectivity index (χ0v) is 15.9. The van der Waals surface area contributed by atoms with Crippen LogP contribution < -0.4 is 5.32 Å². The number of hydrogen-bond donors (Lipinski definition) is 2. The normalized spacial score (nSPS) is 10.2. The van der Waals surface area contributed by atoms with E-state index in [0.29, 0.717) is 22.0 Å². The van der Waals surface area contributed by atoms with E-state index in [1.807, 2.05) is 6.07 Å². The molecule has 0 unspecified atom stereocenters. The lowest BCUT2D eigenvalue weighted by molar-refractivity contribution is -0.115. The number of aromatic nitrogens is 1. The van der Waals surface area contributed by atoms with Gasteiger partial charge in [0.15, 0.2) is 0 Å². The van der Waals surface area contributed by atoms with Gasteiger partial charge >= 0.3 is 5.97 Å². The molecule has 1 amide bonds. The van der Waals surface area contributed by atoms with Gasteiger partial charge < -0.3 is 10.4 Å². The van der Waals surface area contributed by atoms with E-state index in [-0.39, 0.29) is 17.9 Å². The molecule has 140 valence electrons. The Morgan fingerprint density at radius 1 is 1.22 bits per heavy atom. The number of hydrogen-bond acceptors (Lipinski definition) is 5. The van der Waals surface area contributed by atoms with E-state index in [9.17, 15) is 14.9 Å². The first-order valence-corrected chi connectivity index (χ1v) is 9.68. The van der Waals surface area contributed by atoms with Crippen LogP contribution in [0.4, 0.5) is 5.69 Å². The molecule has 0 aliphatic carbocycles. The smallest absolute Gasteiger partial charge is 0.335 e. The molecule has 0 saturated heterocycles. The third-order valence-electron chi connectivity index (χ3n) is 3.81. The fraction of sp³-hybridized carbons (Fsp3) is 0.300. The number of carboxylic acids is 1. The van der Waals surface area contributed by atoms with Gasteiger partial charge in [0.05, 0.1) is 11.1 Å². The van der Waals surface area contributed by atoms with E-state index in [1.54, 1.807) is 18.2 Å². The molecule has 1 aromatic carbocycles. The van der Waals surface area contributed by atoms with Crippen molar-refractivity contribution in [2.45, 2.75) is 37.6 Å². The van der Waals surface area contributed by atoms with Gasteiger partial charge in [-0.05, 0) is 49.2 Å². The van der Waals surface area contributed by atoms with Gasteiger partial charge in [0.1, 0.15) is 11.1 Å². The number of nitrogens with one attached hydrogen (secondary N) is 1. The number of pyridine rings is 1. The number of anilines is 1. The van der Waals surface area contributed by atoms with Crippen molar-refractivity contribution >= 4 is 29.3 Å². The van der Waals surface area contributed by atoms with Gasteiger partial charge in [-0.25, -0.2) is 9.78 Å². The molecule has 6 nitrogen and oxygen atoms in total. The van der Waals surface area contributed by atoms with Gasteiger partial charge in [-0.3, -0.25) is 4.79 Å². The summed E-state index contributed by atoms with van der Waals surface area (Å²) in [6.45, 7) is 2.12. The van der Waals surface area contributed by atoms with Crippen LogP contribution in [-0.2, 0) is 11.2 Å². The predicted molar refractivity (Wildman–Crippen MR) is 105 cm³/mol. The monoisotopic (exact) mass is 383 g/mol. The number of carboxylic acid groups (broad SMARTS) is 1. The Morgan fingerprint density at radius 3 is 2.59 bits per heavy atom. The first-order chi connectivity index (χ1) is 13.0. The quantitative estimate of drug-likeness (QED) is 0.632. The van der Waals surface area contributed by atoms with Crippen LogP contribution in [0.3, 0.4) is 0 Å². The maximum absolute atomic E-state index is 12.1. The van der Waals surface area contributed by atoms with Crippen molar-refractivity contribution in [3.8, 4) is 6.07 Å². The van der Waals surface area contributed by atoms with Gasteiger partial charge in [0.25, 0.3) is 0 Å². The summed E-state index contributed by atoms with van der Waals surface area (Å²) in [6.07, 6.45) is 3.27. The van der Waals surface area contributed by atoms with Gasteiger partial charge in [-0.1, -0.05) is 13.3 Å². The van der Waals surface area contributed by atoms with E-state index in [4.69, 9.17) is 5.11 Å². The van der Waals surface area contributed by atoms with Crippen molar-refractivity contribution in [3.63, 3.8) is 0 Å². The van der Waals surface area contributed by atoms with Crippen molar-refractivity contribution in [2.75, 3.05) is 11.1 Å². The summed E-state index contributed by atoms with van der Waals surface area (Å²) < 4.78 is 0. The Hall–Kier alpha value is -2.85. The highest BCUT2D eigenvalue weighted by Gasteiger charge is 2.09. The van der Waals surface area contributed by atoms with Crippen LogP contribution in [0.1, 0.15) is 47.8 Å². The molecule has 2 aromatic rings. The largest absolute Gasteiger partial charge is 0.478 e. The Bertz CT molecular complexity index is 845. The standard InChI is InChI=1S/C20H21N3O3S/c1-2-3-4-16-10-7-15(13-21)19(23-16)27-12-11-18(24)22-17-8-5-14(6-9-17)20(25)26/h5-10H,2-4,11-12H2,1H3,(H,22,24)(H,25,26). The second kappa shape index (κ2) is 10.3. The van der Waals surface area contributed by atoms with Crippen LogP contribution in [0, 0.1) is 11.3 Å². The minimum atomic E-state index is -1.01. The summed E-state index contributed by atoms with van der Waals surface area (Å²) in [5.74, 6) is -0.685. The van der Waals surface area contributed by atoms with Crippen LogP contribution in [0.2, 0.25) is 0 Å². The third kappa shape index (κ3) is 6.42. The summed E-state index contributed by atoms with van der Waals surface area (Å²) in [5, 5.41) is 21.5. The fourth-order valence-electron chi connectivity index (χ4n) is 2.33. The van der Waals surface area contributed by atoms with Crippen molar-refractivity contribution in [2.24, 2.45) is 0 Å². The summed E-state index contributed by atoms with van der Waals surface area (Å²) in [7, 11) is 0. The number of carbonyl (C=O) groups excluding carboxylic acids is 1. The molecule has 0 fully saturated rings. The molecule has 7 heteroatoms. The van der Waals surface area contributed by atoms with Crippen LogP contribution in [0.25, 0.3) is 0 Å². The van der Waals surface area contributed by atoms with E-state index >= 15 is 0 Å². The van der Waals surface area contributed by atoms with E-state index in [0.717, 1.165) is 25.0 Å². The summed E-state index contributed by atoms with van der Waals surface area (Å²) in [4.78, 5) is 27.4. The molecular formula is C20H21N3O3S. The molecule has 0 radical (unpaired) electrons. The second-order valence-electron chi connectivity index (χ2n) is 5.90. The molecule has 2 rings (SSSR count). The minimum absolute atomic E-state index is 0.168.